The van der Waals surface area contributed by atoms with E-state index in [0.717, 1.165) is 0 Å². The van der Waals surface area contributed by atoms with E-state index in [1.54, 1.807) is 31.6 Å². The van der Waals surface area contributed by atoms with Crippen molar-refractivity contribution in [3.8, 4) is 11.5 Å². The molecule has 0 radical (unpaired) electrons. The third-order valence-corrected chi connectivity index (χ3v) is 10.2. The smallest absolute Gasteiger partial charge is 0.306 e. The van der Waals surface area contributed by atoms with Crippen LogP contribution in [-0.2, 0) is 19.1 Å². The lowest BCUT2D eigenvalue weighted by molar-refractivity contribution is -0.156. The number of rotatable bonds is 8. The molecule has 2 unspecified atom stereocenters. The first-order valence-corrected chi connectivity index (χ1v) is 15.3. The van der Waals surface area contributed by atoms with Crippen LogP contribution in [0.25, 0.3) is 0 Å². The van der Waals surface area contributed by atoms with Crippen LogP contribution < -0.4 is 0 Å². The largest absolute Gasteiger partial charge is 0.460 e. The molecule has 8 nitrogen and oxygen atoms in total. The minimum atomic E-state index is -1.89. The normalized spacial score (nSPS) is 14.5. The molecule has 1 heterocycles. The van der Waals surface area contributed by atoms with Crippen molar-refractivity contribution in [1.82, 2.24) is 15.0 Å². The average Bonchev–Trinajstić information content (AvgIpc) is 3.12. The third kappa shape index (κ3) is 11.4. The molecular formula is C26H45N3O5Si. The van der Waals surface area contributed by atoms with Crippen molar-refractivity contribution in [3.63, 3.8) is 0 Å². The zero-order valence-electron chi connectivity index (χ0n) is 23.5. The van der Waals surface area contributed by atoms with E-state index in [4.69, 9.17) is 9.47 Å². The molecule has 0 aliphatic heterocycles. The Labute approximate surface area is 212 Å². The van der Waals surface area contributed by atoms with Crippen molar-refractivity contribution < 1.29 is 24.2 Å². The summed E-state index contributed by atoms with van der Waals surface area (Å²) in [6.07, 6.45) is 1.51. The molecule has 0 saturated heterocycles. The van der Waals surface area contributed by atoms with Crippen LogP contribution in [0.2, 0.25) is 18.1 Å². The molecule has 9 heteroatoms. The average molecular weight is 508 g/mol. The van der Waals surface area contributed by atoms with E-state index in [9.17, 15) is 14.7 Å². The number of hydrogen-bond donors (Lipinski definition) is 1. The summed E-state index contributed by atoms with van der Waals surface area (Å²) in [5.74, 6) is 2.67. The highest BCUT2D eigenvalue weighted by atomic mass is 28.3. The summed E-state index contributed by atoms with van der Waals surface area (Å²) >= 11 is 0. The third-order valence-electron chi connectivity index (χ3n) is 5.70. The highest BCUT2D eigenvalue weighted by molar-refractivity contribution is 6.87. The Hall–Kier alpha value is -2.18. The second-order valence-electron chi connectivity index (χ2n) is 12.5. The first-order valence-electron chi connectivity index (χ1n) is 12.3. The van der Waals surface area contributed by atoms with Gasteiger partial charge in [0.15, 0.2) is 0 Å². The molecule has 0 aliphatic rings. The van der Waals surface area contributed by atoms with Gasteiger partial charge in [0.2, 0.25) is 0 Å². The van der Waals surface area contributed by atoms with E-state index in [2.05, 4.69) is 55.6 Å². The number of ether oxygens (including phenoxy) is 2. The zero-order valence-corrected chi connectivity index (χ0v) is 24.5. The Morgan fingerprint density at radius 1 is 0.971 bits per heavy atom. The van der Waals surface area contributed by atoms with Crippen LogP contribution in [0.15, 0.2) is 6.20 Å². The SMILES string of the molecule is CC(C)(C)OC(=O)CCC(O)c1cn(C(C#C[Si](C)(C)C(C)(C)C)CCC(=O)OC(C)(C)C)nn1. The van der Waals surface area contributed by atoms with Gasteiger partial charge in [0, 0.05) is 12.8 Å². The minimum absolute atomic E-state index is 0.0680. The van der Waals surface area contributed by atoms with E-state index in [1.807, 2.05) is 20.8 Å². The van der Waals surface area contributed by atoms with Crippen LogP contribution in [0.4, 0.5) is 0 Å². The maximum Gasteiger partial charge on any atom is 0.306 e. The van der Waals surface area contributed by atoms with E-state index in [1.165, 1.54) is 0 Å². The maximum absolute atomic E-state index is 12.3. The van der Waals surface area contributed by atoms with Gasteiger partial charge in [0.25, 0.3) is 0 Å². The van der Waals surface area contributed by atoms with Gasteiger partial charge in [-0.3, -0.25) is 9.59 Å². The second-order valence-corrected chi connectivity index (χ2v) is 17.5. The van der Waals surface area contributed by atoms with Gasteiger partial charge in [-0.25, -0.2) is 4.68 Å². The van der Waals surface area contributed by atoms with Gasteiger partial charge in [-0.2, -0.15) is 0 Å². The number of hydrogen-bond acceptors (Lipinski definition) is 7. The molecule has 0 spiro atoms. The Bertz CT molecular complexity index is 924. The molecule has 2 atom stereocenters. The summed E-state index contributed by atoms with van der Waals surface area (Å²) in [5.41, 5.74) is 2.71. The van der Waals surface area contributed by atoms with Crippen LogP contribution in [0, 0.1) is 11.5 Å². The molecule has 1 aromatic rings. The molecule has 198 valence electrons. The molecule has 35 heavy (non-hydrogen) atoms. The van der Waals surface area contributed by atoms with E-state index >= 15 is 0 Å². The second kappa shape index (κ2) is 11.7. The van der Waals surface area contributed by atoms with Crippen molar-refractivity contribution in [2.45, 2.75) is 129 Å². The standard InChI is InChI=1S/C26H45N3O5Si/c1-24(2,3)33-22(31)14-12-19(16-17-35(10,11)26(7,8)9)29-18-20(27-28-29)21(30)13-15-23(32)34-25(4,5)6/h18-19,21,30H,12-15H2,1-11H3. The highest BCUT2D eigenvalue weighted by Crippen LogP contribution is 2.35. The molecule has 0 saturated carbocycles. The highest BCUT2D eigenvalue weighted by Gasteiger charge is 2.34. The predicted octanol–water partition coefficient (Wildman–Crippen LogP) is 5.15. The summed E-state index contributed by atoms with van der Waals surface area (Å²) < 4.78 is 12.3. The Kier molecular flexibility index (Phi) is 10.3. The zero-order chi connectivity index (χ0) is 27.2. The molecule has 1 aromatic heterocycles. The molecule has 0 bridgehead atoms. The van der Waals surface area contributed by atoms with Crippen molar-refractivity contribution >= 4 is 20.0 Å². The maximum atomic E-state index is 12.3. The molecule has 0 fully saturated rings. The fourth-order valence-electron chi connectivity index (χ4n) is 2.76. The van der Waals surface area contributed by atoms with Crippen molar-refractivity contribution in [2.75, 3.05) is 0 Å². The molecule has 0 amide bonds. The topological polar surface area (TPSA) is 104 Å². The monoisotopic (exact) mass is 507 g/mol. The molecule has 1 N–H and O–H groups in total. The van der Waals surface area contributed by atoms with Gasteiger partial charge in [-0.05, 0) is 59.4 Å². The molecule has 0 aliphatic carbocycles. The van der Waals surface area contributed by atoms with Gasteiger partial charge in [-0.1, -0.05) is 45.0 Å². The summed E-state index contributed by atoms with van der Waals surface area (Å²) in [7, 11) is -1.89. The van der Waals surface area contributed by atoms with Crippen LogP contribution in [0.3, 0.4) is 0 Å². The Morgan fingerprint density at radius 2 is 1.46 bits per heavy atom. The van der Waals surface area contributed by atoms with Crippen LogP contribution in [0.1, 0.15) is 106 Å². The first kappa shape index (κ1) is 30.8. The predicted molar refractivity (Wildman–Crippen MR) is 139 cm³/mol. The van der Waals surface area contributed by atoms with Gasteiger partial charge in [-0.15, -0.1) is 10.6 Å². The summed E-state index contributed by atoms with van der Waals surface area (Å²) in [4.78, 5) is 24.3. The summed E-state index contributed by atoms with van der Waals surface area (Å²) in [6, 6.07) is -0.393. The fraction of sp³-hybridized carbons (Fsp3) is 0.769. The number of esters is 2. The number of aliphatic hydroxyl groups excluding tert-OH is 1. The molecule has 0 aromatic carbocycles. The molecule has 1 rings (SSSR count). The number of carbonyl (C=O) groups is 2. The number of nitrogens with zero attached hydrogens (tertiary/aromatic N) is 3. The number of aliphatic hydroxyl groups is 1. The van der Waals surface area contributed by atoms with Gasteiger partial charge < -0.3 is 14.6 Å². The van der Waals surface area contributed by atoms with Crippen molar-refractivity contribution in [1.29, 1.82) is 0 Å². The van der Waals surface area contributed by atoms with Crippen LogP contribution in [0.5, 0.6) is 0 Å². The van der Waals surface area contributed by atoms with E-state index in [0.29, 0.717) is 12.1 Å². The molecular weight excluding hydrogens is 462 g/mol. The minimum Gasteiger partial charge on any atom is -0.460 e. The lowest BCUT2D eigenvalue weighted by Gasteiger charge is -2.31. The van der Waals surface area contributed by atoms with E-state index in [-0.39, 0.29) is 36.2 Å². The van der Waals surface area contributed by atoms with Crippen LogP contribution in [-0.4, -0.2) is 51.3 Å². The van der Waals surface area contributed by atoms with Gasteiger partial charge >= 0.3 is 11.9 Å². The fourth-order valence-corrected chi connectivity index (χ4v) is 3.66. The lowest BCUT2D eigenvalue weighted by Crippen LogP contribution is -2.35. The van der Waals surface area contributed by atoms with Crippen molar-refractivity contribution in [2.24, 2.45) is 0 Å². The lowest BCUT2D eigenvalue weighted by atomic mass is 10.1. The summed E-state index contributed by atoms with van der Waals surface area (Å²) in [6.45, 7) is 21.9. The van der Waals surface area contributed by atoms with Gasteiger partial charge in [0.05, 0.1) is 12.3 Å². The first-order chi connectivity index (χ1) is 15.7. The summed E-state index contributed by atoms with van der Waals surface area (Å²) in [5, 5.41) is 18.9. The number of aromatic nitrogens is 3. The van der Waals surface area contributed by atoms with Crippen molar-refractivity contribution in [3.05, 3.63) is 11.9 Å². The Morgan fingerprint density at radius 3 is 1.91 bits per heavy atom. The number of carbonyl (C=O) groups excluding carboxylic acids is 2. The van der Waals surface area contributed by atoms with Crippen LogP contribution >= 0.6 is 0 Å². The quantitative estimate of drug-likeness (QED) is 0.295. The van der Waals surface area contributed by atoms with E-state index < -0.39 is 31.4 Å². The van der Waals surface area contributed by atoms with Gasteiger partial charge in [0.1, 0.15) is 31.0 Å². The Balaban J connectivity index is 3.04.